The molecule has 108 valence electrons. The van der Waals surface area contributed by atoms with Crippen molar-refractivity contribution in [2.75, 3.05) is 27.7 Å². The Hall–Kier alpha value is -0.980. The van der Waals surface area contributed by atoms with Gasteiger partial charge in [0, 0.05) is 21.1 Å². The molecule has 19 heavy (non-hydrogen) atoms. The first-order valence-electron chi connectivity index (χ1n) is 6.14. The van der Waals surface area contributed by atoms with E-state index in [4.69, 9.17) is 4.74 Å². The van der Waals surface area contributed by atoms with Crippen LogP contribution in [0.25, 0.3) is 0 Å². The van der Waals surface area contributed by atoms with Gasteiger partial charge in [0.2, 0.25) is 0 Å². The summed E-state index contributed by atoms with van der Waals surface area (Å²) in [6.07, 6.45) is 0.0866. The zero-order valence-corrected chi connectivity index (χ0v) is 14.6. The highest BCUT2D eigenvalue weighted by molar-refractivity contribution is 14.0. The molecule has 1 aromatic carbocycles. The molecular weight excluding hydrogens is 353 g/mol. The lowest BCUT2D eigenvalue weighted by atomic mass is 10.2. The summed E-state index contributed by atoms with van der Waals surface area (Å²) in [4.78, 5) is 6.10. The fourth-order valence-corrected chi connectivity index (χ4v) is 1.63. The minimum atomic E-state index is 0. The van der Waals surface area contributed by atoms with Gasteiger partial charge in [0.25, 0.3) is 0 Å². The molecule has 0 aliphatic rings. The topological polar surface area (TPSA) is 36.9 Å². The Morgan fingerprint density at radius 1 is 1.42 bits per heavy atom. The Balaban J connectivity index is 0.00000324. The Labute approximate surface area is 133 Å². The van der Waals surface area contributed by atoms with Gasteiger partial charge in [0.05, 0.1) is 6.54 Å². The molecule has 0 aliphatic carbocycles. The second-order valence-corrected chi connectivity index (χ2v) is 4.57. The van der Waals surface area contributed by atoms with Crippen molar-refractivity contribution in [2.24, 2.45) is 4.99 Å². The third-order valence-corrected chi connectivity index (χ3v) is 2.51. The molecule has 1 aromatic rings. The number of ether oxygens (including phenoxy) is 1. The lowest BCUT2D eigenvalue weighted by Crippen LogP contribution is -2.41. The molecule has 0 spiro atoms. The van der Waals surface area contributed by atoms with Crippen LogP contribution in [0.3, 0.4) is 0 Å². The smallest absolute Gasteiger partial charge is 0.193 e. The number of halogens is 1. The van der Waals surface area contributed by atoms with Gasteiger partial charge in [-0.25, -0.2) is 0 Å². The van der Waals surface area contributed by atoms with Gasteiger partial charge in [-0.05, 0) is 31.5 Å². The molecule has 0 saturated carbocycles. The first-order chi connectivity index (χ1) is 8.52. The molecule has 1 unspecified atom stereocenters. The Kier molecular flexibility index (Phi) is 8.54. The molecule has 1 N–H and O–H groups in total. The summed E-state index contributed by atoms with van der Waals surface area (Å²) in [5, 5.41) is 3.25. The van der Waals surface area contributed by atoms with E-state index in [-0.39, 0.29) is 30.1 Å². The van der Waals surface area contributed by atoms with E-state index in [1.165, 1.54) is 5.56 Å². The standard InChI is InChI=1S/C14H23N3O.HI/c1-11-7-6-8-13(9-11)18-12(2)10-16-14(15-3)17(4)5;/h6-9,12H,10H2,1-5H3,(H,15,16);1H. The number of nitrogens with one attached hydrogen (secondary N) is 1. The third-order valence-electron chi connectivity index (χ3n) is 2.51. The van der Waals surface area contributed by atoms with E-state index in [0.29, 0.717) is 0 Å². The molecular formula is C14H24IN3O. The van der Waals surface area contributed by atoms with Crippen LogP contribution in [0.2, 0.25) is 0 Å². The largest absolute Gasteiger partial charge is 0.489 e. The number of hydrogen-bond acceptors (Lipinski definition) is 2. The molecule has 1 rings (SSSR count). The van der Waals surface area contributed by atoms with E-state index in [9.17, 15) is 0 Å². The molecule has 0 fully saturated rings. The number of aryl methyl sites for hydroxylation is 1. The molecule has 0 heterocycles. The summed E-state index contributed by atoms with van der Waals surface area (Å²) >= 11 is 0. The van der Waals surface area contributed by atoms with Crippen molar-refractivity contribution in [1.29, 1.82) is 0 Å². The van der Waals surface area contributed by atoms with Crippen molar-refractivity contribution in [1.82, 2.24) is 10.2 Å². The van der Waals surface area contributed by atoms with Crippen molar-refractivity contribution in [2.45, 2.75) is 20.0 Å². The summed E-state index contributed by atoms with van der Waals surface area (Å²) in [6, 6.07) is 8.08. The van der Waals surface area contributed by atoms with Crippen molar-refractivity contribution >= 4 is 29.9 Å². The van der Waals surface area contributed by atoms with Gasteiger partial charge in [-0.2, -0.15) is 0 Å². The summed E-state index contributed by atoms with van der Waals surface area (Å²) < 4.78 is 5.83. The average Bonchev–Trinajstić information content (AvgIpc) is 2.29. The third kappa shape index (κ3) is 6.66. The molecule has 0 aliphatic heterocycles. The summed E-state index contributed by atoms with van der Waals surface area (Å²) in [6.45, 7) is 4.82. The van der Waals surface area contributed by atoms with Gasteiger partial charge < -0.3 is 15.0 Å². The normalized spacial score (nSPS) is 12.4. The van der Waals surface area contributed by atoms with Crippen molar-refractivity contribution in [3.05, 3.63) is 29.8 Å². The van der Waals surface area contributed by atoms with Crippen LogP contribution in [0.15, 0.2) is 29.3 Å². The van der Waals surface area contributed by atoms with E-state index in [1.807, 2.05) is 44.1 Å². The molecule has 0 bridgehead atoms. The van der Waals surface area contributed by atoms with E-state index in [0.717, 1.165) is 18.3 Å². The first-order valence-corrected chi connectivity index (χ1v) is 6.14. The zero-order valence-electron chi connectivity index (χ0n) is 12.3. The maximum Gasteiger partial charge on any atom is 0.193 e. The van der Waals surface area contributed by atoms with Crippen LogP contribution >= 0.6 is 24.0 Å². The molecule has 0 amide bonds. The zero-order chi connectivity index (χ0) is 13.5. The number of hydrogen-bond donors (Lipinski definition) is 1. The second kappa shape index (κ2) is 9.01. The SMILES string of the molecule is CN=C(NCC(C)Oc1cccc(C)c1)N(C)C.I. The molecule has 0 saturated heterocycles. The number of nitrogens with zero attached hydrogens (tertiary/aromatic N) is 2. The molecule has 5 heteroatoms. The van der Waals surface area contributed by atoms with E-state index in [2.05, 4.69) is 23.3 Å². The maximum atomic E-state index is 5.83. The summed E-state index contributed by atoms with van der Waals surface area (Å²) in [5.41, 5.74) is 1.21. The molecule has 4 nitrogen and oxygen atoms in total. The maximum absolute atomic E-state index is 5.83. The van der Waals surface area contributed by atoms with Gasteiger partial charge in [-0.3, -0.25) is 4.99 Å². The van der Waals surface area contributed by atoms with Crippen molar-refractivity contribution < 1.29 is 4.74 Å². The highest BCUT2D eigenvalue weighted by Gasteiger charge is 2.06. The Morgan fingerprint density at radius 2 is 2.11 bits per heavy atom. The molecule has 0 aromatic heterocycles. The Morgan fingerprint density at radius 3 is 2.63 bits per heavy atom. The van der Waals surface area contributed by atoms with Gasteiger partial charge >= 0.3 is 0 Å². The van der Waals surface area contributed by atoms with Crippen LogP contribution in [-0.2, 0) is 0 Å². The summed E-state index contributed by atoms with van der Waals surface area (Å²) in [7, 11) is 5.69. The van der Waals surface area contributed by atoms with Crippen LogP contribution in [-0.4, -0.2) is 44.7 Å². The quantitative estimate of drug-likeness (QED) is 0.498. The number of aliphatic imine (C=N–C) groups is 1. The molecule has 1 atom stereocenters. The lowest BCUT2D eigenvalue weighted by molar-refractivity contribution is 0.223. The highest BCUT2D eigenvalue weighted by Crippen LogP contribution is 2.13. The van der Waals surface area contributed by atoms with Crippen LogP contribution < -0.4 is 10.1 Å². The number of rotatable bonds is 4. The van der Waals surface area contributed by atoms with E-state index in [1.54, 1.807) is 7.05 Å². The van der Waals surface area contributed by atoms with Gasteiger partial charge in [0.15, 0.2) is 5.96 Å². The van der Waals surface area contributed by atoms with E-state index >= 15 is 0 Å². The predicted octanol–water partition coefficient (Wildman–Crippen LogP) is 2.52. The monoisotopic (exact) mass is 377 g/mol. The Bertz CT molecular complexity index is 407. The van der Waals surface area contributed by atoms with Crippen LogP contribution in [0.4, 0.5) is 0 Å². The van der Waals surface area contributed by atoms with Gasteiger partial charge in [-0.15, -0.1) is 24.0 Å². The van der Waals surface area contributed by atoms with Crippen LogP contribution in [0.1, 0.15) is 12.5 Å². The minimum absolute atomic E-state index is 0. The van der Waals surface area contributed by atoms with E-state index < -0.39 is 0 Å². The van der Waals surface area contributed by atoms with Crippen molar-refractivity contribution in [3.8, 4) is 5.75 Å². The van der Waals surface area contributed by atoms with Crippen molar-refractivity contribution in [3.63, 3.8) is 0 Å². The number of guanidine groups is 1. The average molecular weight is 377 g/mol. The minimum Gasteiger partial charge on any atom is -0.489 e. The predicted molar refractivity (Wildman–Crippen MR) is 91.7 cm³/mol. The fourth-order valence-electron chi connectivity index (χ4n) is 1.63. The fraction of sp³-hybridized carbons (Fsp3) is 0.500. The van der Waals surface area contributed by atoms with Crippen LogP contribution in [0, 0.1) is 6.92 Å². The van der Waals surface area contributed by atoms with Gasteiger partial charge in [0.1, 0.15) is 11.9 Å². The summed E-state index contributed by atoms with van der Waals surface area (Å²) in [5.74, 6) is 1.76. The van der Waals surface area contributed by atoms with Gasteiger partial charge in [-0.1, -0.05) is 12.1 Å². The lowest BCUT2D eigenvalue weighted by Gasteiger charge is -2.20. The molecule has 0 radical (unpaired) electrons. The second-order valence-electron chi connectivity index (χ2n) is 4.57. The highest BCUT2D eigenvalue weighted by atomic mass is 127. The first kappa shape index (κ1) is 18.0. The van der Waals surface area contributed by atoms with Crippen LogP contribution in [0.5, 0.6) is 5.75 Å². The number of benzene rings is 1.